The maximum Gasteiger partial charge on any atom is 0.0478 e. The van der Waals surface area contributed by atoms with E-state index in [9.17, 15) is 0 Å². The van der Waals surface area contributed by atoms with Gasteiger partial charge in [-0.25, -0.2) is 0 Å². The molecule has 0 rings (SSSR count). The fourth-order valence-corrected chi connectivity index (χ4v) is 2.67. The molecular formula is C19H40NO. The molecule has 1 radical (unpaired) electrons. The predicted molar refractivity (Wildman–Crippen MR) is 93.7 cm³/mol. The summed E-state index contributed by atoms with van der Waals surface area (Å²) in [5.41, 5.74) is 7.01. The third kappa shape index (κ3) is 19.9. The summed E-state index contributed by atoms with van der Waals surface area (Å²) in [6.07, 6.45) is 20.6. The molecule has 0 spiro atoms. The lowest BCUT2D eigenvalue weighted by Crippen LogP contribution is -1.99. The Morgan fingerprint density at radius 3 is 1.33 bits per heavy atom. The highest BCUT2D eigenvalue weighted by Crippen LogP contribution is 2.12. The van der Waals surface area contributed by atoms with E-state index in [1.165, 1.54) is 89.9 Å². The molecule has 1 N–H and O–H groups in total. The van der Waals surface area contributed by atoms with Gasteiger partial charge in [0.15, 0.2) is 0 Å². The van der Waals surface area contributed by atoms with Crippen molar-refractivity contribution >= 4 is 0 Å². The van der Waals surface area contributed by atoms with Crippen LogP contribution in [0.3, 0.4) is 0 Å². The highest BCUT2D eigenvalue weighted by atomic mass is 16.5. The molecule has 0 aliphatic rings. The van der Waals surface area contributed by atoms with Gasteiger partial charge in [0.2, 0.25) is 0 Å². The molecule has 0 aromatic heterocycles. The molecule has 2 heteroatoms. The largest absolute Gasteiger partial charge is 0.381 e. The smallest absolute Gasteiger partial charge is 0.0478 e. The standard InChI is InChI=1S/C19H40NO/c1-2-3-4-5-6-7-8-9-10-11-12-13-14-15-18-21-19-16-17-20/h20H,2-19H2,1H3. The van der Waals surface area contributed by atoms with Gasteiger partial charge in [0.25, 0.3) is 0 Å². The Bertz CT molecular complexity index is 155. The van der Waals surface area contributed by atoms with Gasteiger partial charge in [0.05, 0.1) is 0 Å². The lowest BCUT2D eigenvalue weighted by Gasteiger charge is -2.04. The summed E-state index contributed by atoms with van der Waals surface area (Å²) < 4.78 is 5.46. The monoisotopic (exact) mass is 298 g/mol. The first-order chi connectivity index (χ1) is 10.4. The van der Waals surface area contributed by atoms with E-state index in [0.29, 0.717) is 6.54 Å². The van der Waals surface area contributed by atoms with E-state index in [0.717, 1.165) is 19.6 Å². The Balaban J connectivity index is 2.90. The van der Waals surface area contributed by atoms with Gasteiger partial charge in [0.1, 0.15) is 0 Å². The average Bonchev–Trinajstić information content (AvgIpc) is 2.50. The second-order valence-corrected chi connectivity index (χ2v) is 6.31. The van der Waals surface area contributed by atoms with E-state index < -0.39 is 0 Å². The van der Waals surface area contributed by atoms with Crippen LogP contribution in [0.4, 0.5) is 0 Å². The molecule has 0 saturated heterocycles. The van der Waals surface area contributed by atoms with Crippen molar-refractivity contribution in [1.82, 2.24) is 5.73 Å². The minimum absolute atomic E-state index is 0.499. The van der Waals surface area contributed by atoms with Crippen molar-refractivity contribution in [3.05, 3.63) is 0 Å². The van der Waals surface area contributed by atoms with Gasteiger partial charge in [-0.3, -0.25) is 5.73 Å². The second kappa shape index (κ2) is 19.9. The first kappa shape index (κ1) is 20.9. The van der Waals surface area contributed by atoms with E-state index >= 15 is 0 Å². The van der Waals surface area contributed by atoms with Gasteiger partial charge in [-0.15, -0.1) is 0 Å². The van der Waals surface area contributed by atoms with Gasteiger partial charge in [-0.1, -0.05) is 90.4 Å². The van der Waals surface area contributed by atoms with E-state index in [1.54, 1.807) is 0 Å². The number of ether oxygens (including phenoxy) is 1. The van der Waals surface area contributed by atoms with Gasteiger partial charge in [-0.2, -0.15) is 0 Å². The molecule has 2 nitrogen and oxygen atoms in total. The molecule has 0 bridgehead atoms. The molecule has 0 aliphatic carbocycles. The zero-order chi connectivity index (χ0) is 15.4. The van der Waals surface area contributed by atoms with Gasteiger partial charge in [0, 0.05) is 19.8 Å². The van der Waals surface area contributed by atoms with Crippen molar-refractivity contribution in [3.63, 3.8) is 0 Å². The number of rotatable bonds is 18. The molecule has 0 aliphatic heterocycles. The topological polar surface area (TPSA) is 33.0 Å². The normalized spacial score (nSPS) is 11.1. The third-order valence-corrected chi connectivity index (χ3v) is 4.11. The lowest BCUT2D eigenvalue weighted by molar-refractivity contribution is 0.128. The number of nitrogens with one attached hydrogen (secondary N) is 1. The fraction of sp³-hybridized carbons (Fsp3) is 1.00. The first-order valence-corrected chi connectivity index (χ1v) is 9.64. The molecule has 127 valence electrons. The van der Waals surface area contributed by atoms with Crippen molar-refractivity contribution in [2.24, 2.45) is 0 Å². The molecule has 0 heterocycles. The molecule has 0 aromatic carbocycles. The highest BCUT2D eigenvalue weighted by molar-refractivity contribution is 4.49. The summed E-state index contributed by atoms with van der Waals surface area (Å²) in [5, 5.41) is 0. The molecule has 0 amide bonds. The van der Waals surface area contributed by atoms with Crippen LogP contribution in [0.2, 0.25) is 0 Å². The van der Waals surface area contributed by atoms with Crippen molar-refractivity contribution in [2.75, 3.05) is 19.8 Å². The molecule has 21 heavy (non-hydrogen) atoms. The highest BCUT2D eigenvalue weighted by Gasteiger charge is 1.94. The summed E-state index contributed by atoms with van der Waals surface area (Å²) in [5.74, 6) is 0. The lowest BCUT2D eigenvalue weighted by atomic mass is 10.0. The van der Waals surface area contributed by atoms with Crippen molar-refractivity contribution < 1.29 is 4.74 Å². The SMILES string of the molecule is CCCCCCCCCCCCCCCCOCCC[NH]. The zero-order valence-corrected chi connectivity index (χ0v) is 14.6. The van der Waals surface area contributed by atoms with Crippen molar-refractivity contribution in [2.45, 2.75) is 103 Å². The van der Waals surface area contributed by atoms with Crippen molar-refractivity contribution in [1.29, 1.82) is 0 Å². The molecule has 0 fully saturated rings. The molecule has 0 saturated carbocycles. The Hall–Kier alpha value is -0.0800. The first-order valence-electron chi connectivity index (χ1n) is 9.64. The van der Waals surface area contributed by atoms with Crippen LogP contribution in [0.15, 0.2) is 0 Å². The molecule has 0 atom stereocenters. The minimum Gasteiger partial charge on any atom is -0.381 e. The molecular weight excluding hydrogens is 258 g/mol. The van der Waals surface area contributed by atoms with Crippen LogP contribution >= 0.6 is 0 Å². The second-order valence-electron chi connectivity index (χ2n) is 6.31. The van der Waals surface area contributed by atoms with E-state index in [2.05, 4.69) is 6.92 Å². The van der Waals surface area contributed by atoms with Crippen LogP contribution in [0.25, 0.3) is 0 Å². The third-order valence-electron chi connectivity index (χ3n) is 4.11. The summed E-state index contributed by atoms with van der Waals surface area (Å²) in [6, 6.07) is 0. The van der Waals surface area contributed by atoms with Gasteiger partial charge < -0.3 is 4.74 Å². The van der Waals surface area contributed by atoms with E-state index in [4.69, 9.17) is 10.5 Å². The van der Waals surface area contributed by atoms with Crippen LogP contribution in [0.5, 0.6) is 0 Å². The minimum atomic E-state index is 0.499. The Labute approximate surface area is 134 Å². The average molecular weight is 299 g/mol. The zero-order valence-electron chi connectivity index (χ0n) is 14.6. The maximum atomic E-state index is 7.01. The number of hydrogen-bond acceptors (Lipinski definition) is 1. The summed E-state index contributed by atoms with van der Waals surface area (Å²) >= 11 is 0. The molecule has 0 unspecified atom stereocenters. The van der Waals surface area contributed by atoms with Gasteiger partial charge in [-0.05, 0) is 12.8 Å². The van der Waals surface area contributed by atoms with E-state index in [-0.39, 0.29) is 0 Å². The number of hydrogen-bond donors (Lipinski definition) is 0. The van der Waals surface area contributed by atoms with Crippen LogP contribution in [0, 0.1) is 0 Å². The van der Waals surface area contributed by atoms with Crippen LogP contribution in [-0.4, -0.2) is 19.8 Å². The van der Waals surface area contributed by atoms with Crippen LogP contribution in [-0.2, 0) is 4.74 Å². The van der Waals surface area contributed by atoms with Crippen LogP contribution < -0.4 is 5.73 Å². The Morgan fingerprint density at radius 1 is 0.524 bits per heavy atom. The van der Waals surface area contributed by atoms with E-state index in [1.807, 2.05) is 0 Å². The summed E-state index contributed by atoms with van der Waals surface area (Å²) in [6.45, 7) is 4.46. The summed E-state index contributed by atoms with van der Waals surface area (Å²) in [4.78, 5) is 0. The Morgan fingerprint density at radius 2 is 0.905 bits per heavy atom. The predicted octanol–water partition coefficient (Wildman–Crippen LogP) is 6.16. The summed E-state index contributed by atoms with van der Waals surface area (Å²) in [7, 11) is 0. The molecule has 0 aromatic rings. The fourth-order valence-electron chi connectivity index (χ4n) is 2.67. The van der Waals surface area contributed by atoms with Crippen LogP contribution in [0.1, 0.15) is 103 Å². The van der Waals surface area contributed by atoms with Gasteiger partial charge >= 0.3 is 0 Å². The quantitative estimate of drug-likeness (QED) is 0.279. The van der Waals surface area contributed by atoms with Crippen molar-refractivity contribution in [3.8, 4) is 0 Å². The maximum absolute atomic E-state index is 7.01. The number of unbranched alkanes of at least 4 members (excludes halogenated alkanes) is 13. The Kier molecular flexibility index (Phi) is 19.8.